The van der Waals surface area contributed by atoms with E-state index in [1.165, 1.54) is 12.1 Å². The summed E-state index contributed by atoms with van der Waals surface area (Å²) in [7, 11) is 0. The number of nitrogens with zero attached hydrogens (tertiary/aromatic N) is 2. The van der Waals surface area contributed by atoms with Crippen LogP contribution in [-0.2, 0) is 0 Å². The molecule has 1 aromatic carbocycles. The van der Waals surface area contributed by atoms with Crippen LogP contribution >= 0.6 is 0 Å². The van der Waals surface area contributed by atoms with Crippen LogP contribution in [0.2, 0.25) is 0 Å². The van der Waals surface area contributed by atoms with Crippen LogP contribution in [0, 0.1) is 17.0 Å². The van der Waals surface area contributed by atoms with E-state index in [-0.39, 0.29) is 23.3 Å². The van der Waals surface area contributed by atoms with E-state index in [1.807, 2.05) is 39.0 Å². The Kier molecular flexibility index (Phi) is 4.07. The van der Waals surface area contributed by atoms with Gasteiger partial charge in [0.15, 0.2) is 0 Å². The quantitative estimate of drug-likeness (QED) is 0.682. The Labute approximate surface area is 122 Å². The van der Waals surface area contributed by atoms with Crippen molar-refractivity contribution in [2.24, 2.45) is 0 Å². The van der Waals surface area contributed by atoms with Crippen LogP contribution in [0.15, 0.2) is 30.3 Å². The SMILES string of the molecule is Cc1ccc(C(C)C)c(Oc2nc(N)ccc2[N+](=O)[O-])c1. The van der Waals surface area contributed by atoms with Gasteiger partial charge in [0.2, 0.25) is 0 Å². The molecule has 0 atom stereocenters. The fraction of sp³-hybridized carbons (Fsp3) is 0.267. The molecular weight excluding hydrogens is 270 g/mol. The third-order valence-electron chi connectivity index (χ3n) is 3.06. The third kappa shape index (κ3) is 3.28. The van der Waals surface area contributed by atoms with Gasteiger partial charge in [0, 0.05) is 6.07 Å². The lowest BCUT2D eigenvalue weighted by Gasteiger charge is -2.14. The van der Waals surface area contributed by atoms with Gasteiger partial charge in [-0.15, -0.1) is 0 Å². The first-order valence-electron chi connectivity index (χ1n) is 6.57. The van der Waals surface area contributed by atoms with Crippen molar-refractivity contribution in [2.45, 2.75) is 26.7 Å². The molecule has 21 heavy (non-hydrogen) atoms. The molecule has 0 amide bonds. The Morgan fingerprint density at radius 3 is 2.62 bits per heavy atom. The van der Waals surface area contributed by atoms with E-state index < -0.39 is 4.92 Å². The highest BCUT2D eigenvalue weighted by Crippen LogP contribution is 2.35. The molecule has 1 aromatic heterocycles. The molecule has 6 nitrogen and oxygen atoms in total. The number of hydrogen-bond acceptors (Lipinski definition) is 5. The highest BCUT2D eigenvalue weighted by Gasteiger charge is 2.19. The lowest BCUT2D eigenvalue weighted by molar-refractivity contribution is -0.386. The van der Waals surface area contributed by atoms with Gasteiger partial charge in [0.05, 0.1) is 4.92 Å². The van der Waals surface area contributed by atoms with E-state index >= 15 is 0 Å². The first-order chi connectivity index (χ1) is 9.88. The van der Waals surface area contributed by atoms with Gasteiger partial charge in [-0.25, -0.2) is 0 Å². The zero-order valence-corrected chi connectivity index (χ0v) is 12.2. The van der Waals surface area contributed by atoms with Crippen molar-refractivity contribution >= 4 is 11.5 Å². The predicted octanol–water partition coefficient (Wildman–Crippen LogP) is 3.80. The fourth-order valence-electron chi connectivity index (χ4n) is 1.97. The second kappa shape index (κ2) is 5.78. The summed E-state index contributed by atoms with van der Waals surface area (Å²) in [6.07, 6.45) is 0. The van der Waals surface area contributed by atoms with Gasteiger partial charge in [0.25, 0.3) is 0 Å². The standard InChI is InChI=1S/C15H17N3O3/c1-9(2)11-5-4-10(3)8-13(11)21-15-12(18(19)20)6-7-14(16)17-15/h4-9H,1-3H3,(H2,16,17). The van der Waals surface area contributed by atoms with Crippen LogP contribution in [-0.4, -0.2) is 9.91 Å². The summed E-state index contributed by atoms with van der Waals surface area (Å²) in [5.74, 6) is 0.869. The van der Waals surface area contributed by atoms with Crippen LogP contribution in [0.3, 0.4) is 0 Å². The Balaban J connectivity index is 2.49. The molecule has 0 aliphatic heterocycles. The number of nitro groups is 1. The van der Waals surface area contributed by atoms with Gasteiger partial charge in [-0.1, -0.05) is 26.0 Å². The minimum atomic E-state index is -0.535. The van der Waals surface area contributed by atoms with Crippen LogP contribution in [0.5, 0.6) is 11.6 Å². The number of aryl methyl sites for hydroxylation is 1. The number of ether oxygens (including phenoxy) is 1. The number of nitrogens with two attached hydrogens (primary N) is 1. The average molecular weight is 287 g/mol. The van der Waals surface area contributed by atoms with Crippen molar-refractivity contribution in [2.75, 3.05) is 5.73 Å². The summed E-state index contributed by atoms with van der Waals surface area (Å²) < 4.78 is 5.69. The second-order valence-corrected chi connectivity index (χ2v) is 5.12. The largest absolute Gasteiger partial charge is 0.433 e. The van der Waals surface area contributed by atoms with Crippen molar-refractivity contribution < 1.29 is 9.66 Å². The summed E-state index contributed by atoms with van der Waals surface area (Å²) in [5, 5.41) is 11.1. The number of anilines is 1. The van der Waals surface area contributed by atoms with Crippen molar-refractivity contribution in [3.05, 3.63) is 51.6 Å². The average Bonchev–Trinajstić information content (AvgIpc) is 2.38. The van der Waals surface area contributed by atoms with Crippen LogP contribution < -0.4 is 10.5 Å². The Hall–Kier alpha value is -2.63. The highest BCUT2D eigenvalue weighted by molar-refractivity contribution is 5.50. The molecule has 0 saturated heterocycles. The number of pyridine rings is 1. The van der Waals surface area contributed by atoms with E-state index in [4.69, 9.17) is 10.5 Å². The van der Waals surface area contributed by atoms with Crippen molar-refractivity contribution in [1.82, 2.24) is 4.98 Å². The van der Waals surface area contributed by atoms with Crippen molar-refractivity contribution in [3.63, 3.8) is 0 Å². The molecule has 6 heteroatoms. The number of hydrogen-bond donors (Lipinski definition) is 1. The van der Waals surface area contributed by atoms with E-state index in [1.54, 1.807) is 0 Å². The van der Waals surface area contributed by atoms with E-state index in [0.29, 0.717) is 5.75 Å². The molecule has 0 spiro atoms. The highest BCUT2D eigenvalue weighted by atomic mass is 16.6. The maximum atomic E-state index is 11.1. The van der Waals surface area contributed by atoms with Crippen molar-refractivity contribution in [1.29, 1.82) is 0 Å². The lowest BCUT2D eigenvalue weighted by atomic mass is 10.0. The topological polar surface area (TPSA) is 91.3 Å². The Morgan fingerprint density at radius 1 is 1.29 bits per heavy atom. The summed E-state index contributed by atoms with van der Waals surface area (Å²) in [6.45, 7) is 5.98. The molecule has 2 N–H and O–H groups in total. The zero-order chi connectivity index (χ0) is 15.6. The molecule has 110 valence electrons. The van der Waals surface area contributed by atoms with Crippen LogP contribution in [0.25, 0.3) is 0 Å². The maximum Gasteiger partial charge on any atom is 0.331 e. The first kappa shape index (κ1) is 14.8. The fourth-order valence-corrected chi connectivity index (χ4v) is 1.97. The number of benzene rings is 1. The Bertz CT molecular complexity index is 684. The van der Waals surface area contributed by atoms with Gasteiger partial charge in [-0.2, -0.15) is 4.98 Å². The molecule has 0 unspecified atom stereocenters. The van der Waals surface area contributed by atoms with Crippen LogP contribution in [0.1, 0.15) is 30.9 Å². The molecular formula is C15H17N3O3. The monoisotopic (exact) mass is 287 g/mol. The van der Waals surface area contributed by atoms with Gasteiger partial charge in [-0.05, 0) is 36.1 Å². The first-order valence-corrected chi connectivity index (χ1v) is 6.57. The summed E-state index contributed by atoms with van der Waals surface area (Å²) in [4.78, 5) is 14.5. The maximum absolute atomic E-state index is 11.1. The zero-order valence-electron chi connectivity index (χ0n) is 12.2. The summed E-state index contributed by atoms with van der Waals surface area (Å²) >= 11 is 0. The molecule has 0 fully saturated rings. The number of rotatable bonds is 4. The van der Waals surface area contributed by atoms with Gasteiger partial charge >= 0.3 is 11.6 Å². The summed E-state index contributed by atoms with van der Waals surface area (Å²) in [6, 6.07) is 8.44. The molecule has 2 rings (SSSR count). The van der Waals surface area contributed by atoms with E-state index in [9.17, 15) is 10.1 Å². The summed E-state index contributed by atoms with van der Waals surface area (Å²) in [5.41, 5.74) is 7.35. The number of nitrogen functional groups attached to an aromatic ring is 1. The molecule has 1 heterocycles. The molecule has 0 saturated carbocycles. The second-order valence-electron chi connectivity index (χ2n) is 5.12. The smallest absolute Gasteiger partial charge is 0.331 e. The predicted molar refractivity (Wildman–Crippen MR) is 80.6 cm³/mol. The van der Waals surface area contributed by atoms with E-state index in [2.05, 4.69) is 4.98 Å². The van der Waals surface area contributed by atoms with E-state index in [0.717, 1.165) is 11.1 Å². The minimum absolute atomic E-state index is 0.0903. The lowest BCUT2D eigenvalue weighted by Crippen LogP contribution is -2.01. The normalized spacial score (nSPS) is 10.7. The third-order valence-corrected chi connectivity index (χ3v) is 3.06. The van der Waals surface area contributed by atoms with Crippen molar-refractivity contribution in [3.8, 4) is 11.6 Å². The molecule has 0 bridgehead atoms. The Morgan fingerprint density at radius 2 is 2.00 bits per heavy atom. The van der Waals surface area contributed by atoms with Crippen LogP contribution in [0.4, 0.5) is 11.5 Å². The minimum Gasteiger partial charge on any atom is -0.433 e. The molecule has 0 aliphatic carbocycles. The number of aromatic nitrogens is 1. The van der Waals surface area contributed by atoms with Gasteiger partial charge in [-0.3, -0.25) is 10.1 Å². The molecule has 2 aromatic rings. The molecule has 0 radical (unpaired) electrons. The van der Waals surface area contributed by atoms with Gasteiger partial charge < -0.3 is 10.5 Å². The molecule has 0 aliphatic rings. The van der Waals surface area contributed by atoms with Gasteiger partial charge in [0.1, 0.15) is 11.6 Å².